The molecule has 1 saturated heterocycles. The van der Waals surface area contributed by atoms with Crippen LogP contribution in [0, 0.1) is 17.8 Å². The van der Waals surface area contributed by atoms with Gasteiger partial charge < -0.3 is 10.2 Å². The number of hydrogen-bond acceptors (Lipinski definition) is 2. The van der Waals surface area contributed by atoms with Crippen LogP contribution in [0.25, 0.3) is 0 Å². The fraction of sp³-hybridized carbons (Fsp3) is 1.00. The lowest BCUT2D eigenvalue weighted by Gasteiger charge is -2.27. The van der Waals surface area contributed by atoms with E-state index in [0.29, 0.717) is 0 Å². The summed E-state index contributed by atoms with van der Waals surface area (Å²) in [5.74, 6) is 2.78. The molecular formula is C16H32N2. The van der Waals surface area contributed by atoms with E-state index in [2.05, 4.69) is 31.0 Å². The number of hydrogen-bond donors (Lipinski definition) is 1. The van der Waals surface area contributed by atoms with E-state index < -0.39 is 0 Å². The molecule has 1 saturated carbocycles. The Morgan fingerprint density at radius 2 is 2.11 bits per heavy atom. The fourth-order valence-corrected chi connectivity index (χ4v) is 3.83. The third kappa shape index (κ3) is 4.55. The van der Waals surface area contributed by atoms with Gasteiger partial charge in [-0.3, -0.25) is 0 Å². The van der Waals surface area contributed by atoms with Crippen molar-refractivity contribution in [2.24, 2.45) is 17.8 Å². The molecular weight excluding hydrogens is 220 g/mol. The van der Waals surface area contributed by atoms with Gasteiger partial charge in [0.15, 0.2) is 0 Å². The summed E-state index contributed by atoms with van der Waals surface area (Å²) in [6.45, 7) is 12.3. The van der Waals surface area contributed by atoms with Crippen molar-refractivity contribution in [3.05, 3.63) is 0 Å². The van der Waals surface area contributed by atoms with E-state index in [1.807, 2.05) is 0 Å². The lowest BCUT2D eigenvalue weighted by atomic mass is 10.0. The van der Waals surface area contributed by atoms with Crippen LogP contribution in [0.1, 0.15) is 52.9 Å². The maximum atomic E-state index is 3.73. The van der Waals surface area contributed by atoms with Crippen molar-refractivity contribution in [3.63, 3.8) is 0 Å². The Morgan fingerprint density at radius 3 is 2.78 bits per heavy atom. The predicted molar refractivity (Wildman–Crippen MR) is 78.8 cm³/mol. The van der Waals surface area contributed by atoms with Gasteiger partial charge in [-0.05, 0) is 56.5 Å². The van der Waals surface area contributed by atoms with Gasteiger partial charge >= 0.3 is 0 Å². The third-order valence-electron chi connectivity index (χ3n) is 4.64. The second-order valence-electron chi connectivity index (χ2n) is 7.18. The Bertz CT molecular complexity index is 239. The molecule has 0 aromatic heterocycles. The maximum Gasteiger partial charge on any atom is 0.0197 e. The van der Waals surface area contributed by atoms with E-state index in [4.69, 9.17) is 0 Å². The highest BCUT2D eigenvalue weighted by Gasteiger charge is 2.25. The molecule has 0 bridgehead atoms. The van der Waals surface area contributed by atoms with E-state index in [0.717, 1.165) is 23.8 Å². The van der Waals surface area contributed by atoms with Crippen LogP contribution in [0.4, 0.5) is 0 Å². The van der Waals surface area contributed by atoms with Crippen molar-refractivity contribution in [2.75, 3.05) is 26.2 Å². The summed E-state index contributed by atoms with van der Waals surface area (Å²) in [6, 6.07) is 0.728. The first-order valence-corrected chi connectivity index (χ1v) is 8.09. The van der Waals surface area contributed by atoms with Crippen LogP contribution in [0.5, 0.6) is 0 Å². The van der Waals surface area contributed by atoms with Crippen molar-refractivity contribution in [1.29, 1.82) is 0 Å². The van der Waals surface area contributed by atoms with Crippen LogP contribution >= 0.6 is 0 Å². The summed E-state index contributed by atoms with van der Waals surface area (Å²) in [5, 5.41) is 3.73. The molecule has 1 heterocycles. The zero-order valence-electron chi connectivity index (χ0n) is 12.6. The first kappa shape index (κ1) is 14.3. The Kier molecular flexibility index (Phi) is 5.50. The fourth-order valence-electron chi connectivity index (χ4n) is 3.83. The van der Waals surface area contributed by atoms with Gasteiger partial charge in [0.1, 0.15) is 0 Å². The summed E-state index contributed by atoms with van der Waals surface area (Å²) in [5.41, 5.74) is 0. The van der Waals surface area contributed by atoms with Gasteiger partial charge in [-0.2, -0.15) is 0 Å². The summed E-state index contributed by atoms with van der Waals surface area (Å²) >= 11 is 0. The molecule has 2 rings (SSSR count). The van der Waals surface area contributed by atoms with Crippen LogP contribution in [0.2, 0.25) is 0 Å². The molecule has 3 atom stereocenters. The lowest BCUT2D eigenvalue weighted by molar-refractivity contribution is 0.218. The van der Waals surface area contributed by atoms with Crippen molar-refractivity contribution < 1.29 is 0 Å². The molecule has 0 aromatic rings. The smallest absolute Gasteiger partial charge is 0.0197 e. The van der Waals surface area contributed by atoms with Crippen LogP contribution in [-0.2, 0) is 0 Å². The van der Waals surface area contributed by atoms with E-state index in [1.54, 1.807) is 0 Å². The van der Waals surface area contributed by atoms with Crippen molar-refractivity contribution >= 4 is 0 Å². The molecule has 3 unspecified atom stereocenters. The van der Waals surface area contributed by atoms with E-state index in [-0.39, 0.29) is 0 Å². The first-order chi connectivity index (χ1) is 8.63. The number of nitrogens with one attached hydrogen (secondary N) is 1. The van der Waals surface area contributed by atoms with Crippen LogP contribution in [0.3, 0.4) is 0 Å². The summed E-state index contributed by atoms with van der Waals surface area (Å²) < 4.78 is 0. The molecule has 2 nitrogen and oxygen atoms in total. The number of rotatable bonds is 4. The lowest BCUT2D eigenvalue weighted by Crippen LogP contribution is -2.40. The Labute approximate surface area is 114 Å². The highest BCUT2D eigenvalue weighted by atomic mass is 15.2. The Morgan fingerprint density at radius 1 is 1.28 bits per heavy atom. The topological polar surface area (TPSA) is 15.3 Å². The molecule has 0 aromatic carbocycles. The molecule has 0 radical (unpaired) electrons. The minimum atomic E-state index is 0.728. The molecule has 2 heteroatoms. The highest BCUT2D eigenvalue weighted by Crippen LogP contribution is 2.31. The van der Waals surface area contributed by atoms with Gasteiger partial charge in [0.05, 0.1) is 0 Å². The minimum absolute atomic E-state index is 0.728. The van der Waals surface area contributed by atoms with Gasteiger partial charge in [-0.1, -0.05) is 27.2 Å². The molecule has 2 aliphatic rings. The van der Waals surface area contributed by atoms with E-state index >= 15 is 0 Å². The first-order valence-electron chi connectivity index (χ1n) is 8.09. The average Bonchev–Trinajstić information content (AvgIpc) is 2.56. The average molecular weight is 252 g/mol. The van der Waals surface area contributed by atoms with Crippen LogP contribution < -0.4 is 5.32 Å². The molecule has 0 amide bonds. The normalized spacial score (nSPS) is 35.0. The second-order valence-corrected chi connectivity index (χ2v) is 7.18. The quantitative estimate of drug-likeness (QED) is 0.827. The predicted octanol–water partition coefficient (Wildman–Crippen LogP) is 3.13. The van der Waals surface area contributed by atoms with Crippen LogP contribution in [-0.4, -0.2) is 37.1 Å². The summed E-state index contributed by atoms with van der Waals surface area (Å²) in [6.07, 6.45) is 7.07. The maximum absolute atomic E-state index is 3.73. The van der Waals surface area contributed by atoms with Crippen molar-refractivity contribution in [1.82, 2.24) is 10.2 Å². The minimum Gasteiger partial charge on any atom is -0.313 e. The van der Waals surface area contributed by atoms with Gasteiger partial charge in [0.2, 0.25) is 0 Å². The molecule has 18 heavy (non-hydrogen) atoms. The molecule has 1 aliphatic carbocycles. The summed E-state index contributed by atoms with van der Waals surface area (Å²) in [4.78, 5) is 2.75. The standard InChI is InChI=1S/C16H32N2/c1-13(2)9-16-12-18(8-4-7-17-16)11-15-6-5-14(3)10-15/h13-17H,4-12H2,1-3H3. The molecule has 1 N–H and O–H groups in total. The van der Waals surface area contributed by atoms with Crippen molar-refractivity contribution in [2.45, 2.75) is 58.9 Å². The molecule has 2 fully saturated rings. The molecule has 0 spiro atoms. The monoisotopic (exact) mass is 252 g/mol. The van der Waals surface area contributed by atoms with E-state index in [9.17, 15) is 0 Å². The Hall–Kier alpha value is -0.0800. The highest BCUT2D eigenvalue weighted by molar-refractivity contribution is 4.81. The Balaban J connectivity index is 1.79. The summed E-state index contributed by atoms with van der Waals surface area (Å²) in [7, 11) is 0. The van der Waals surface area contributed by atoms with Crippen LogP contribution in [0.15, 0.2) is 0 Å². The SMILES string of the molecule is CC(C)CC1CN(CC2CCC(C)C2)CCCN1. The van der Waals surface area contributed by atoms with Crippen molar-refractivity contribution in [3.8, 4) is 0 Å². The van der Waals surface area contributed by atoms with Gasteiger partial charge in [-0.15, -0.1) is 0 Å². The third-order valence-corrected chi connectivity index (χ3v) is 4.64. The van der Waals surface area contributed by atoms with Gasteiger partial charge in [-0.25, -0.2) is 0 Å². The molecule has 106 valence electrons. The van der Waals surface area contributed by atoms with Gasteiger partial charge in [0, 0.05) is 19.1 Å². The largest absolute Gasteiger partial charge is 0.313 e. The second kappa shape index (κ2) is 6.91. The van der Waals surface area contributed by atoms with E-state index in [1.165, 1.54) is 58.3 Å². The number of nitrogens with zero attached hydrogens (tertiary/aromatic N) is 1. The zero-order valence-corrected chi connectivity index (χ0v) is 12.6. The van der Waals surface area contributed by atoms with Gasteiger partial charge in [0.25, 0.3) is 0 Å². The zero-order chi connectivity index (χ0) is 13.0. The molecule has 1 aliphatic heterocycles.